The molecular formula is C20H20N2O4. The second-order valence-electron chi connectivity index (χ2n) is 6.23. The Kier molecular flexibility index (Phi) is 5.02. The molecule has 0 spiro atoms. The largest absolute Gasteiger partial charge is 0.448 e. The number of benzene rings is 2. The highest BCUT2D eigenvalue weighted by atomic mass is 16.5. The van der Waals surface area contributed by atoms with Crippen LogP contribution in [0.4, 0.5) is 0 Å². The Morgan fingerprint density at radius 3 is 2.54 bits per heavy atom. The van der Waals surface area contributed by atoms with Gasteiger partial charge in [0.25, 0.3) is 11.8 Å². The van der Waals surface area contributed by atoms with Gasteiger partial charge in [-0.3, -0.25) is 9.59 Å². The molecule has 0 aliphatic carbocycles. The van der Waals surface area contributed by atoms with Gasteiger partial charge in [0.15, 0.2) is 6.10 Å². The lowest BCUT2D eigenvalue weighted by Crippen LogP contribution is -2.42. The van der Waals surface area contributed by atoms with Crippen molar-refractivity contribution in [3.63, 3.8) is 0 Å². The third kappa shape index (κ3) is 3.59. The van der Waals surface area contributed by atoms with E-state index in [0.29, 0.717) is 24.1 Å². The van der Waals surface area contributed by atoms with Gasteiger partial charge in [-0.15, -0.1) is 0 Å². The van der Waals surface area contributed by atoms with Crippen molar-refractivity contribution < 1.29 is 19.1 Å². The van der Waals surface area contributed by atoms with Crippen LogP contribution in [-0.2, 0) is 22.5 Å². The zero-order valence-electron chi connectivity index (χ0n) is 14.7. The fraction of sp³-hybridized carbons (Fsp3) is 0.250. The molecule has 6 heteroatoms. The van der Waals surface area contributed by atoms with Gasteiger partial charge in [0, 0.05) is 32.6 Å². The van der Waals surface area contributed by atoms with Crippen molar-refractivity contribution in [1.29, 1.82) is 0 Å². The number of fused-ring (bicyclic) bond motifs is 1. The van der Waals surface area contributed by atoms with Crippen molar-refractivity contribution in [3.8, 4) is 0 Å². The molecule has 2 aromatic carbocycles. The molecule has 0 saturated heterocycles. The van der Waals surface area contributed by atoms with Crippen LogP contribution in [0.1, 0.15) is 31.8 Å². The van der Waals surface area contributed by atoms with Gasteiger partial charge in [0.2, 0.25) is 0 Å². The first kappa shape index (κ1) is 17.7. The van der Waals surface area contributed by atoms with Crippen LogP contribution in [0.15, 0.2) is 48.5 Å². The number of nitrogens with one attached hydrogen (secondary N) is 1. The van der Waals surface area contributed by atoms with E-state index in [1.165, 1.54) is 4.90 Å². The number of carbonyl (C=O) groups is 3. The summed E-state index contributed by atoms with van der Waals surface area (Å²) in [6.45, 7) is 0.364. The van der Waals surface area contributed by atoms with Gasteiger partial charge < -0.3 is 15.0 Å². The smallest absolute Gasteiger partial charge is 0.339 e. The molecule has 2 amide bonds. The van der Waals surface area contributed by atoms with Crippen LogP contribution in [0.2, 0.25) is 0 Å². The summed E-state index contributed by atoms with van der Waals surface area (Å²) in [6, 6.07) is 14.2. The zero-order valence-corrected chi connectivity index (χ0v) is 14.7. The molecular weight excluding hydrogens is 332 g/mol. The number of amides is 2. The maximum atomic E-state index is 12.7. The predicted octanol–water partition coefficient (Wildman–Crippen LogP) is 1.79. The highest BCUT2D eigenvalue weighted by Gasteiger charge is 2.32. The van der Waals surface area contributed by atoms with E-state index in [4.69, 9.17) is 4.74 Å². The van der Waals surface area contributed by atoms with Crippen molar-refractivity contribution >= 4 is 17.8 Å². The Labute approximate surface area is 151 Å². The molecule has 1 aliphatic heterocycles. The Hall–Kier alpha value is -3.15. The molecule has 0 aromatic heterocycles. The van der Waals surface area contributed by atoms with Crippen molar-refractivity contribution in [2.45, 2.75) is 19.1 Å². The van der Waals surface area contributed by atoms with Crippen LogP contribution in [-0.4, -0.2) is 42.9 Å². The second-order valence-corrected chi connectivity index (χ2v) is 6.23. The molecule has 1 heterocycles. The Morgan fingerprint density at radius 1 is 1.15 bits per heavy atom. The number of carbonyl (C=O) groups excluding carboxylic acids is 3. The number of esters is 1. The third-order valence-electron chi connectivity index (χ3n) is 4.41. The second kappa shape index (κ2) is 7.39. The molecule has 1 N–H and O–H groups in total. The summed E-state index contributed by atoms with van der Waals surface area (Å²) in [7, 11) is 3.25. The van der Waals surface area contributed by atoms with Crippen molar-refractivity contribution in [1.82, 2.24) is 10.2 Å². The highest BCUT2D eigenvalue weighted by molar-refractivity contribution is 5.96. The third-order valence-corrected chi connectivity index (χ3v) is 4.41. The van der Waals surface area contributed by atoms with Gasteiger partial charge in [-0.2, -0.15) is 0 Å². The summed E-state index contributed by atoms with van der Waals surface area (Å²) in [6.07, 6.45) is -0.437. The Bertz CT molecular complexity index is 845. The van der Waals surface area contributed by atoms with Gasteiger partial charge >= 0.3 is 5.97 Å². The fourth-order valence-electron chi connectivity index (χ4n) is 2.97. The molecule has 0 bridgehead atoms. The number of nitrogens with zero attached hydrogens (tertiary/aromatic N) is 1. The minimum absolute atomic E-state index is 0.159. The summed E-state index contributed by atoms with van der Waals surface area (Å²) in [5.74, 6) is -0.870. The summed E-state index contributed by atoms with van der Waals surface area (Å²) >= 11 is 0. The first-order chi connectivity index (χ1) is 12.5. The van der Waals surface area contributed by atoms with Crippen LogP contribution in [0.25, 0.3) is 0 Å². The average molecular weight is 352 g/mol. The maximum absolute atomic E-state index is 12.7. The summed E-state index contributed by atoms with van der Waals surface area (Å²) in [5, 5.41) is 2.56. The van der Waals surface area contributed by atoms with Gasteiger partial charge in [0.05, 0.1) is 5.56 Å². The van der Waals surface area contributed by atoms with E-state index in [1.807, 2.05) is 12.1 Å². The van der Waals surface area contributed by atoms with Crippen molar-refractivity contribution in [2.75, 3.05) is 14.1 Å². The van der Waals surface area contributed by atoms with Crippen LogP contribution >= 0.6 is 0 Å². The zero-order chi connectivity index (χ0) is 18.7. The number of hydrogen-bond acceptors (Lipinski definition) is 4. The summed E-state index contributed by atoms with van der Waals surface area (Å²) in [4.78, 5) is 37.8. The molecule has 1 atom stereocenters. The number of rotatable bonds is 4. The van der Waals surface area contributed by atoms with E-state index in [9.17, 15) is 14.4 Å². The van der Waals surface area contributed by atoms with E-state index < -0.39 is 12.1 Å². The minimum Gasteiger partial charge on any atom is -0.448 e. The summed E-state index contributed by atoms with van der Waals surface area (Å²) < 4.78 is 5.32. The minimum atomic E-state index is -0.812. The fourth-order valence-corrected chi connectivity index (χ4v) is 2.97. The lowest BCUT2D eigenvalue weighted by molar-refractivity contribution is -0.140. The van der Waals surface area contributed by atoms with Crippen molar-refractivity contribution in [2.24, 2.45) is 0 Å². The molecule has 2 aromatic rings. The number of likely N-dealkylation sites (N-methyl/N-ethyl adjacent to an activating group) is 1. The first-order valence-electron chi connectivity index (χ1n) is 8.34. The standard InChI is InChI=1S/C20H20N2O4/c1-21-18(23)14-9-7-13(8-10-14)12-22(2)19(24)17-11-15-5-3-4-6-16(15)20(25)26-17/h3-10,17H,11-12H2,1-2H3,(H,21,23). The van der Waals surface area contributed by atoms with Gasteiger partial charge in [-0.05, 0) is 29.3 Å². The molecule has 1 aliphatic rings. The van der Waals surface area contributed by atoms with E-state index >= 15 is 0 Å². The monoisotopic (exact) mass is 352 g/mol. The van der Waals surface area contributed by atoms with Crippen molar-refractivity contribution in [3.05, 3.63) is 70.8 Å². The molecule has 3 rings (SSSR count). The lowest BCUT2D eigenvalue weighted by atomic mass is 9.98. The quantitative estimate of drug-likeness (QED) is 0.851. The van der Waals surface area contributed by atoms with Gasteiger partial charge in [0.1, 0.15) is 0 Å². The Morgan fingerprint density at radius 2 is 1.85 bits per heavy atom. The van der Waals surface area contributed by atoms with Gasteiger partial charge in [-0.25, -0.2) is 4.79 Å². The van der Waals surface area contributed by atoms with Crippen LogP contribution in [0, 0.1) is 0 Å². The number of hydrogen-bond donors (Lipinski definition) is 1. The Balaban J connectivity index is 1.67. The number of cyclic esters (lactones) is 1. The molecule has 26 heavy (non-hydrogen) atoms. The maximum Gasteiger partial charge on any atom is 0.339 e. The normalized spacial score (nSPS) is 15.6. The van der Waals surface area contributed by atoms with E-state index in [2.05, 4.69) is 5.32 Å². The molecule has 0 saturated carbocycles. The topological polar surface area (TPSA) is 75.7 Å². The highest BCUT2D eigenvalue weighted by Crippen LogP contribution is 2.22. The molecule has 0 radical (unpaired) electrons. The lowest BCUT2D eigenvalue weighted by Gasteiger charge is -2.27. The van der Waals surface area contributed by atoms with Gasteiger partial charge in [-0.1, -0.05) is 30.3 Å². The van der Waals surface area contributed by atoms with Crippen LogP contribution in [0.5, 0.6) is 0 Å². The average Bonchev–Trinajstić information content (AvgIpc) is 2.67. The van der Waals surface area contributed by atoms with Crippen LogP contribution in [0.3, 0.4) is 0 Å². The number of ether oxygens (including phenoxy) is 1. The molecule has 1 unspecified atom stereocenters. The predicted molar refractivity (Wildman–Crippen MR) is 95.7 cm³/mol. The molecule has 134 valence electrons. The van der Waals surface area contributed by atoms with E-state index in [1.54, 1.807) is 50.5 Å². The molecule has 6 nitrogen and oxygen atoms in total. The SMILES string of the molecule is CNC(=O)c1ccc(CN(C)C(=O)C2Cc3ccccc3C(=O)O2)cc1. The van der Waals surface area contributed by atoms with E-state index in [-0.39, 0.29) is 11.8 Å². The first-order valence-corrected chi connectivity index (χ1v) is 8.34. The summed E-state index contributed by atoms with van der Waals surface area (Å²) in [5.41, 5.74) is 2.79. The van der Waals surface area contributed by atoms with E-state index in [0.717, 1.165) is 11.1 Å². The van der Waals surface area contributed by atoms with Crippen LogP contribution < -0.4 is 5.32 Å². The molecule has 0 fully saturated rings.